The van der Waals surface area contributed by atoms with Gasteiger partial charge in [0.2, 0.25) is 0 Å². The number of hydrogen-bond donors (Lipinski definition) is 3. The average molecular weight is 399 g/mol. The molecule has 0 saturated carbocycles. The minimum atomic E-state index is -0.280. The lowest BCUT2D eigenvalue weighted by molar-refractivity contribution is 0.136. The molecule has 0 spiro atoms. The highest BCUT2D eigenvalue weighted by molar-refractivity contribution is 5.51. The monoisotopic (exact) mass is 398 g/mol. The Bertz CT molecular complexity index is 817. The molecule has 3 N–H and O–H groups in total. The van der Waals surface area contributed by atoms with Gasteiger partial charge in [0.25, 0.3) is 0 Å². The van der Waals surface area contributed by atoms with E-state index in [1.165, 1.54) is 0 Å². The van der Waals surface area contributed by atoms with Crippen molar-refractivity contribution in [2.45, 2.75) is 38.3 Å². The van der Waals surface area contributed by atoms with Crippen LogP contribution in [0, 0.1) is 5.92 Å². The van der Waals surface area contributed by atoms with Gasteiger partial charge >= 0.3 is 0 Å². The molecule has 2 aromatic rings. The Morgan fingerprint density at radius 3 is 2.59 bits per heavy atom. The number of aliphatic hydroxyl groups is 1. The second-order valence-electron chi connectivity index (χ2n) is 7.88. The second-order valence-corrected chi connectivity index (χ2v) is 7.88. The fourth-order valence-electron chi connectivity index (χ4n) is 4.22. The summed E-state index contributed by atoms with van der Waals surface area (Å²) in [7, 11) is 1.87. The third-order valence-electron chi connectivity index (χ3n) is 5.98. The van der Waals surface area contributed by atoms with Crippen molar-refractivity contribution in [3.63, 3.8) is 0 Å². The van der Waals surface area contributed by atoms with Crippen LogP contribution in [0.3, 0.4) is 0 Å². The maximum Gasteiger partial charge on any atom is 0.134 e. The summed E-state index contributed by atoms with van der Waals surface area (Å²) in [5.74, 6) is 3.85. The summed E-state index contributed by atoms with van der Waals surface area (Å²) >= 11 is 0. The molecule has 2 aliphatic heterocycles. The molecule has 29 heavy (non-hydrogen) atoms. The van der Waals surface area contributed by atoms with Crippen molar-refractivity contribution in [2.24, 2.45) is 5.92 Å². The van der Waals surface area contributed by atoms with E-state index in [4.69, 9.17) is 0 Å². The van der Waals surface area contributed by atoms with Gasteiger partial charge in [-0.1, -0.05) is 0 Å². The van der Waals surface area contributed by atoms with Crippen molar-refractivity contribution in [3.8, 4) is 0 Å². The predicted molar refractivity (Wildman–Crippen MR) is 114 cm³/mol. The van der Waals surface area contributed by atoms with Crippen molar-refractivity contribution in [2.75, 3.05) is 53.7 Å². The van der Waals surface area contributed by atoms with Gasteiger partial charge in [-0.15, -0.1) is 0 Å². The van der Waals surface area contributed by atoms with E-state index < -0.39 is 0 Å². The SMILES string of the molecule is CNc1cc(N2CCCC2CNc2cc(N3CCC(C(C)O)C3)ncn2)ncn1. The zero-order valence-electron chi connectivity index (χ0n) is 17.1. The molecule has 0 bridgehead atoms. The molecule has 156 valence electrons. The number of nitrogens with zero attached hydrogens (tertiary/aromatic N) is 6. The number of nitrogens with one attached hydrogen (secondary N) is 2. The first-order chi connectivity index (χ1) is 14.1. The number of aliphatic hydroxyl groups excluding tert-OH is 1. The zero-order valence-corrected chi connectivity index (χ0v) is 17.1. The van der Waals surface area contributed by atoms with Gasteiger partial charge in [-0.3, -0.25) is 0 Å². The third kappa shape index (κ3) is 4.50. The smallest absolute Gasteiger partial charge is 0.134 e. The van der Waals surface area contributed by atoms with Gasteiger partial charge in [-0.05, 0) is 26.2 Å². The molecule has 0 radical (unpaired) electrons. The van der Waals surface area contributed by atoms with Gasteiger partial charge in [0, 0.05) is 57.3 Å². The number of anilines is 4. The van der Waals surface area contributed by atoms with Crippen LogP contribution in [0.25, 0.3) is 0 Å². The quantitative estimate of drug-likeness (QED) is 0.642. The average Bonchev–Trinajstić information content (AvgIpc) is 3.42. The van der Waals surface area contributed by atoms with E-state index in [0.29, 0.717) is 12.0 Å². The minimum Gasteiger partial charge on any atom is -0.393 e. The summed E-state index contributed by atoms with van der Waals surface area (Å²) in [6, 6.07) is 4.36. The van der Waals surface area contributed by atoms with E-state index >= 15 is 0 Å². The highest BCUT2D eigenvalue weighted by Gasteiger charge is 2.28. The Morgan fingerprint density at radius 1 is 1.07 bits per heavy atom. The van der Waals surface area contributed by atoms with Gasteiger partial charge in [0.1, 0.15) is 35.9 Å². The number of rotatable bonds is 7. The van der Waals surface area contributed by atoms with Crippen LogP contribution in [0.15, 0.2) is 24.8 Å². The first-order valence-electron chi connectivity index (χ1n) is 10.4. The van der Waals surface area contributed by atoms with Crippen molar-refractivity contribution in [1.29, 1.82) is 0 Å². The van der Waals surface area contributed by atoms with E-state index in [1.807, 2.05) is 26.1 Å². The summed E-state index contributed by atoms with van der Waals surface area (Å²) < 4.78 is 0. The second kappa shape index (κ2) is 8.77. The fraction of sp³-hybridized carbons (Fsp3) is 0.600. The summed E-state index contributed by atoms with van der Waals surface area (Å²) in [4.78, 5) is 22.1. The van der Waals surface area contributed by atoms with Gasteiger partial charge in [0.15, 0.2) is 0 Å². The fourth-order valence-corrected chi connectivity index (χ4v) is 4.22. The minimum absolute atomic E-state index is 0.280. The Balaban J connectivity index is 1.38. The Morgan fingerprint density at radius 2 is 1.83 bits per heavy atom. The molecule has 4 rings (SSSR count). The predicted octanol–water partition coefficient (Wildman–Crippen LogP) is 1.60. The van der Waals surface area contributed by atoms with Crippen LogP contribution >= 0.6 is 0 Å². The van der Waals surface area contributed by atoms with Crippen LogP contribution in [-0.4, -0.2) is 70.4 Å². The Labute approximate surface area is 171 Å². The standard InChI is InChI=1S/C20H30N8O/c1-14(29)15-5-7-27(11-15)19-9-18(24-13-25-19)22-10-16-4-3-6-28(16)20-8-17(21-2)23-12-26-20/h8-9,12-16,29H,3-7,10-11H2,1-2H3,(H,21,23,26)(H,22,24,25). The molecule has 2 fully saturated rings. The van der Waals surface area contributed by atoms with Gasteiger partial charge in [0.05, 0.1) is 6.10 Å². The van der Waals surface area contributed by atoms with Gasteiger partial charge < -0.3 is 25.5 Å². The molecule has 2 saturated heterocycles. The summed E-state index contributed by atoms with van der Waals surface area (Å²) in [6.45, 7) is 5.42. The summed E-state index contributed by atoms with van der Waals surface area (Å²) in [6.07, 6.45) is 6.20. The van der Waals surface area contributed by atoms with Crippen LogP contribution in [0.5, 0.6) is 0 Å². The molecule has 2 aromatic heterocycles. The van der Waals surface area contributed by atoms with Crippen LogP contribution < -0.4 is 20.4 Å². The molecule has 3 atom stereocenters. The van der Waals surface area contributed by atoms with E-state index in [1.54, 1.807) is 12.7 Å². The first kappa shape index (κ1) is 19.6. The molecule has 9 nitrogen and oxygen atoms in total. The van der Waals surface area contributed by atoms with Crippen LogP contribution in [0.1, 0.15) is 26.2 Å². The van der Waals surface area contributed by atoms with E-state index in [2.05, 4.69) is 40.4 Å². The highest BCUT2D eigenvalue weighted by atomic mass is 16.3. The molecule has 0 amide bonds. The maximum atomic E-state index is 9.84. The topological polar surface area (TPSA) is 102 Å². The van der Waals surface area contributed by atoms with E-state index in [9.17, 15) is 5.11 Å². The van der Waals surface area contributed by atoms with E-state index in [-0.39, 0.29) is 6.10 Å². The van der Waals surface area contributed by atoms with Crippen LogP contribution in [0.2, 0.25) is 0 Å². The summed E-state index contributed by atoms with van der Waals surface area (Å²) in [5.41, 5.74) is 0. The van der Waals surface area contributed by atoms with Gasteiger partial charge in [-0.2, -0.15) is 0 Å². The Kier molecular flexibility index (Phi) is 5.94. The number of hydrogen-bond acceptors (Lipinski definition) is 9. The molecular formula is C20H30N8O. The lowest BCUT2D eigenvalue weighted by Gasteiger charge is -2.26. The third-order valence-corrected chi connectivity index (χ3v) is 5.98. The maximum absolute atomic E-state index is 9.84. The van der Waals surface area contributed by atoms with Crippen LogP contribution in [-0.2, 0) is 0 Å². The molecule has 9 heteroatoms. The Hall–Kier alpha value is -2.68. The van der Waals surface area contributed by atoms with Crippen molar-refractivity contribution >= 4 is 23.3 Å². The van der Waals surface area contributed by atoms with Crippen molar-refractivity contribution in [1.82, 2.24) is 19.9 Å². The highest BCUT2D eigenvalue weighted by Crippen LogP contribution is 2.27. The first-order valence-corrected chi connectivity index (χ1v) is 10.4. The van der Waals surface area contributed by atoms with Crippen LogP contribution in [0.4, 0.5) is 23.3 Å². The summed E-state index contributed by atoms with van der Waals surface area (Å²) in [5, 5.41) is 16.4. The lowest BCUT2D eigenvalue weighted by atomic mass is 10.0. The molecule has 0 aliphatic carbocycles. The molecule has 4 heterocycles. The molecule has 2 aliphatic rings. The van der Waals surface area contributed by atoms with Crippen molar-refractivity contribution in [3.05, 3.63) is 24.8 Å². The molecule has 0 aromatic carbocycles. The number of aromatic nitrogens is 4. The zero-order chi connectivity index (χ0) is 20.2. The normalized spacial score (nSPS) is 22.7. The van der Waals surface area contributed by atoms with Crippen molar-refractivity contribution < 1.29 is 5.11 Å². The molecular weight excluding hydrogens is 368 g/mol. The largest absolute Gasteiger partial charge is 0.393 e. The van der Waals surface area contributed by atoms with E-state index in [0.717, 1.165) is 68.7 Å². The molecule has 3 unspecified atom stereocenters. The lowest BCUT2D eigenvalue weighted by Crippen LogP contribution is -2.35. The van der Waals surface area contributed by atoms with Gasteiger partial charge in [-0.25, -0.2) is 19.9 Å².